The van der Waals surface area contributed by atoms with Crippen molar-refractivity contribution in [2.75, 3.05) is 5.32 Å². The highest BCUT2D eigenvalue weighted by Gasteiger charge is 2.28. The van der Waals surface area contributed by atoms with Crippen LogP contribution in [0.3, 0.4) is 0 Å². The summed E-state index contributed by atoms with van der Waals surface area (Å²) in [7, 11) is -3.72. The molecule has 1 aliphatic heterocycles. The summed E-state index contributed by atoms with van der Waals surface area (Å²) in [4.78, 5) is 20.7. The molecule has 0 saturated heterocycles. The molecule has 0 radical (unpaired) electrons. The van der Waals surface area contributed by atoms with E-state index in [2.05, 4.69) is 24.8 Å². The molecule has 33 heavy (non-hydrogen) atoms. The van der Waals surface area contributed by atoms with Gasteiger partial charge in [-0.25, -0.2) is 4.79 Å². The first kappa shape index (κ1) is 20.5. The maximum atomic E-state index is 12.4. The molecule has 0 bridgehead atoms. The maximum Gasteiger partial charge on any atom is 0.338 e. The zero-order chi connectivity index (χ0) is 22.8. The van der Waals surface area contributed by atoms with E-state index in [9.17, 15) is 13.2 Å². The summed E-state index contributed by atoms with van der Waals surface area (Å²) < 4.78 is 38.4. The van der Waals surface area contributed by atoms with Gasteiger partial charge >= 0.3 is 5.97 Å². The van der Waals surface area contributed by atoms with Crippen LogP contribution in [0.1, 0.15) is 21.8 Å². The molecule has 0 amide bonds. The van der Waals surface area contributed by atoms with Gasteiger partial charge in [0.05, 0.1) is 5.56 Å². The van der Waals surface area contributed by atoms with Gasteiger partial charge in [0.2, 0.25) is 5.82 Å². The van der Waals surface area contributed by atoms with E-state index in [0.29, 0.717) is 28.2 Å². The molecule has 4 aromatic rings. The van der Waals surface area contributed by atoms with Crippen LogP contribution in [0.2, 0.25) is 0 Å². The van der Waals surface area contributed by atoms with E-state index in [-0.39, 0.29) is 23.2 Å². The summed E-state index contributed by atoms with van der Waals surface area (Å²) >= 11 is 0. The number of anilines is 1. The van der Waals surface area contributed by atoms with E-state index in [0.717, 1.165) is 0 Å². The lowest BCUT2D eigenvalue weighted by atomic mass is 10.1. The van der Waals surface area contributed by atoms with Gasteiger partial charge in [0.1, 0.15) is 4.90 Å². The second-order valence-electron chi connectivity index (χ2n) is 6.94. The largest absolute Gasteiger partial charge is 0.452 e. The van der Waals surface area contributed by atoms with Crippen molar-refractivity contribution in [3.63, 3.8) is 0 Å². The SMILES string of the molecule is O=C(OCc1nc(-c2cccnc2)no1)c1ccc(NC2=NS(=O)(=O)c3ccccc32)cc1. The molecule has 2 aromatic carbocycles. The molecule has 0 saturated carbocycles. The van der Waals surface area contributed by atoms with Gasteiger partial charge < -0.3 is 14.6 Å². The van der Waals surface area contributed by atoms with Crippen molar-refractivity contribution in [2.24, 2.45) is 4.40 Å². The van der Waals surface area contributed by atoms with Crippen LogP contribution in [0.25, 0.3) is 11.4 Å². The molecule has 1 N–H and O–H groups in total. The second-order valence-corrected chi connectivity index (χ2v) is 8.52. The average molecular weight is 461 g/mol. The number of carbonyl (C=O) groups is 1. The lowest BCUT2D eigenvalue weighted by Gasteiger charge is -2.07. The van der Waals surface area contributed by atoms with Crippen LogP contribution < -0.4 is 5.32 Å². The van der Waals surface area contributed by atoms with Crippen LogP contribution in [0.5, 0.6) is 0 Å². The number of aromatic nitrogens is 3. The molecule has 0 fully saturated rings. The highest BCUT2D eigenvalue weighted by molar-refractivity contribution is 7.90. The Labute approximate surface area is 188 Å². The van der Waals surface area contributed by atoms with Crippen LogP contribution in [-0.2, 0) is 21.4 Å². The Bertz CT molecular complexity index is 1460. The van der Waals surface area contributed by atoms with Crippen molar-refractivity contribution in [1.29, 1.82) is 0 Å². The fourth-order valence-corrected chi connectivity index (χ4v) is 4.33. The number of benzene rings is 2. The number of hydrogen-bond donors (Lipinski definition) is 1. The number of ether oxygens (including phenoxy) is 1. The third kappa shape index (κ3) is 4.21. The van der Waals surface area contributed by atoms with Crippen LogP contribution in [0.15, 0.2) is 86.9 Å². The molecular weight excluding hydrogens is 446 g/mol. The Kier molecular flexibility index (Phi) is 5.15. The fourth-order valence-electron chi connectivity index (χ4n) is 3.16. The van der Waals surface area contributed by atoms with Crippen LogP contribution in [0.4, 0.5) is 5.69 Å². The lowest BCUT2D eigenvalue weighted by Crippen LogP contribution is -2.11. The number of rotatable bonds is 5. The Hall–Kier alpha value is -4.38. The molecule has 0 unspecified atom stereocenters. The Balaban J connectivity index is 1.22. The quantitative estimate of drug-likeness (QED) is 0.445. The van der Waals surface area contributed by atoms with Gasteiger partial charge in [-0.15, -0.1) is 4.40 Å². The molecule has 3 heterocycles. The third-order valence-corrected chi connectivity index (χ3v) is 6.06. The average Bonchev–Trinajstić information content (AvgIpc) is 3.41. The van der Waals surface area contributed by atoms with Crippen molar-refractivity contribution < 1.29 is 22.5 Å². The molecule has 10 nitrogen and oxygen atoms in total. The fraction of sp³-hybridized carbons (Fsp3) is 0.0455. The first-order chi connectivity index (χ1) is 16.0. The lowest BCUT2D eigenvalue weighted by molar-refractivity contribution is 0.0430. The number of carbonyl (C=O) groups excluding carboxylic acids is 1. The van der Waals surface area contributed by atoms with Gasteiger partial charge in [-0.3, -0.25) is 4.98 Å². The topological polar surface area (TPSA) is 137 Å². The molecule has 2 aromatic heterocycles. The highest BCUT2D eigenvalue weighted by Crippen LogP contribution is 2.26. The molecule has 0 spiro atoms. The summed E-state index contributed by atoms with van der Waals surface area (Å²) in [5, 5.41) is 6.82. The zero-order valence-electron chi connectivity index (χ0n) is 16.9. The first-order valence-corrected chi connectivity index (χ1v) is 11.2. The number of sulfonamides is 1. The van der Waals surface area contributed by atoms with Gasteiger partial charge in [-0.1, -0.05) is 17.3 Å². The molecule has 0 atom stereocenters. The minimum Gasteiger partial charge on any atom is -0.452 e. The van der Waals surface area contributed by atoms with E-state index in [1.165, 1.54) is 6.07 Å². The summed E-state index contributed by atoms with van der Waals surface area (Å²) in [6.07, 6.45) is 3.23. The number of pyridine rings is 1. The first-order valence-electron chi connectivity index (χ1n) is 9.71. The van der Waals surface area contributed by atoms with Crippen molar-refractivity contribution in [3.05, 3.63) is 90.1 Å². The Morgan fingerprint density at radius 2 is 1.85 bits per heavy atom. The number of fused-ring (bicyclic) bond motifs is 1. The monoisotopic (exact) mass is 461 g/mol. The van der Waals surface area contributed by atoms with Gasteiger partial charge in [0.15, 0.2) is 12.4 Å². The summed E-state index contributed by atoms with van der Waals surface area (Å²) in [5.41, 5.74) is 2.04. The van der Waals surface area contributed by atoms with Crippen LogP contribution >= 0.6 is 0 Å². The van der Waals surface area contributed by atoms with E-state index in [1.807, 2.05) is 0 Å². The summed E-state index contributed by atoms with van der Waals surface area (Å²) in [6, 6.07) is 16.4. The smallest absolute Gasteiger partial charge is 0.338 e. The molecule has 5 rings (SSSR count). The summed E-state index contributed by atoms with van der Waals surface area (Å²) in [6.45, 7) is -0.183. The number of nitrogens with zero attached hydrogens (tertiary/aromatic N) is 4. The van der Waals surface area contributed by atoms with Gasteiger partial charge in [0.25, 0.3) is 15.9 Å². The van der Waals surface area contributed by atoms with Gasteiger partial charge in [-0.2, -0.15) is 13.4 Å². The molecule has 11 heteroatoms. The van der Waals surface area contributed by atoms with Crippen molar-refractivity contribution >= 4 is 27.5 Å². The van der Waals surface area contributed by atoms with E-state index in [1.54, 1.807) is 67.0 Å². The Morgan fingerprint density at radius 3 is 2.64 bits per heavy atom. The van der Waals surface area contributed by atoms with E-state index < -0.39 is 16.0 Å². The summed E-state index contributed by atoms with van der Waals surface area (Å²) in [5.74, 6) is 0.151. The van der Waals surface area contributed by atoms with Crippen LogP contribution in [0, 0.1) is 0 Å². The normalized spacial score (nSPS) is 13.8. The maximum absolute atomic E-state index is 12.4. The predicted molar refractivity (Wildman–Crippen MR) is 117 cm³/mol. The molecular formula is C22H15N5O5S. The predicted octanol–water partition coefficient (Wildman–Crippen LogP) is 3.05. The second kappa shape index (κ2) is 8.28. The van der Waals surface area contributed by atoms with E-state index >= 15 is 0 Å². The van der Waals surface area contributed by atoms with Gasteiger partial charge in [0, 0.05) is 29.2 Å². The minimum absolute atomic E-state index is 0.152. The molecule has 1 aliphatic rings. The van der Waals surface area contributed by atoms with Gasteiger partial charge in [-0.05, 0) is 48.5 Å². The zero-order valence-corrected chi connectivity index (χ0v) is 17.7. The standard InChI is InChI=1S/C22H15N5O5S/c28-22(31-13-19-25-20(26-32-19)15-4-3-11-23-12-15)14-7-9-16(10-8-14)24-21-17-5-1-2-6-18(17)33(29,30)27-21/h1-12H,13H2,(H,24,27). The van der Waals surface area contributed by atoms with Crippen molar-refractivity contribution in [1.82, 2.24) is 15.1 Å². The van der Waals surface area contributed by atoms with Crippen molar-refractivity contribution in [3.8, 4) is 11.4 Å². The minimum atomic E-state index is -3.72. The number of amidine groups is 1. The molecule has 164 valence electrons. The highest BCUT2D eigenvalue weighted by atomic mass is 32.2. The van der Waals surface area contributed by atoms with E-state index in [4.69, 9.17) is 9.26 Å². The number of esters is 1. The van der Waals surface area contributed by atoms with Crippen molar-refractivity contribution in [2.45, 2.75) is 11.5 Å². The number of nitrogens with one attached hydrogen (secondary N) is 1. The number of hydrogen-bond acceptors (Lipinski definition) is 9. The molecule has 0 aliphatic carbocycles. The third-order valence-electron chi connectivity index (χ3n) is 4.73. The van der Waals surface area contributed by atoms with Crippen LogP contribution in [-0.4, -0.2) is 35.3 Å². The Morgan fingerprint density at radius 1 is 1.03 bits per heavy atom.